The third-order valence-electron chi connectivity index (χ3n) is 3.06. The van der Waals surface area contributed by atoms with Gasteiger partial charge in [-0.05, 0) is 24.6 Å². The van der Waals surface area contributed by atoms with Crippen LogP contribution in [0, 0.1) is 6.92 Å². The van der Waals surface area contributed by atoms with Crippen molar-refractivity contribution in [2.75, 3.05) is 11.1 Å². The van der Waals surface area contributed by atoms with Gasteiger partial charge in [-0.2, -0.15) is 0 Å². The predicted molar refractivity (Wildman–Crippen MR) is 87.6 cm³/mol. The molecule has 0 saturated carbocycles. The summed E-state index contributed by atoms with van der Waals surface area (Å²) in [6.07, 6.45) is 0.271. The molecule has 0 aliphatic rings. The maximum Gasteiger partial charge on any atom is 0.225 e. The highest BCUT2D eigenvalue weighted by Gasteiger charge is 2.07. The van der Waals surface area contributed by atoms with Crippen molar-refractivity contribution in [1.82, 2.24) is 0 Å². The van der Waals surface area contributed by atoms with Crippen molar-refractivity contribution < 1.29 is 9.00 Å². The van der Waals surface area contributed by atoms with E-state index in [4.69, 9.17) is 0 Å². The van der Waals surface area contributed by atoms with Crippen molar-refractivity contribution >= 4 is 22.4 Å². The molecule has 1 N–H and O–H groups in total. The third-order valence-corrected chi connectivity index (χ3v) is 4.38. The monoisotopic (exact) mass is 301 g/mol. The van der Waals surface area contributed by atoms with E-state index in [1.807, 2.05) is 61.5 Å². The number of anilines is 1. The molecule has 21 heavy (non-hydrogen) atoms. The first-order valence-electron chi connectivity index (χ1n) is 6.89. The fourth-order valence-corrected chi connectivity index (χ4v) is 3.02. The van der Waals surface area contributed by atoms with Crippen molar-refractivity contribution in [3.8, 4) is 0 Å². The quantitative estimate of drug-likeness (QED) is 0.890. The van der Waals surface area contributed by atoms with E-state index in [0.717, 1.165) is 11.3 Å². The molecule has 0 spiro atoms. The van der Waals surface area contributed by atoms with Gasteiger partial charge in [-0.25, -0.2) is 0 Å². The van der Waals surface area contributed by atoms with Gasteiger partial charge >= 0.3 is 0 Å². The molecule has 0 fully saturated rings. The largest absolute Gasteiger partial charge is 0.326 e. The van der Waals surface area contributed by atoms with Crippen LogP contribution in [0.25, 0.3) is 0 Å². The second kappa shape index (κ2) is 7.74. The van der Waals surface area contributed by atoms with Gasteiger partial charge in [0, 0.05) is 34.4 Å². The Bertz CT molecular complexity index is 608. The van der Waals surface area contributed by atoms with Gasteiger partial charge in [0.1, 0.15) is 0 Å². The zero-order chi connectivity index (χ0) is 15.1. The van der Waals surface area contributed by atoms with Crippen LogP contribution in [0.5, 0.6) is 0 Å². The molecule has 3 nitrogen and oxygen atoms in total. The zero-order valence-electron chi connectivity index (χ0n) is 12.0. The van der Waals surface area contributed by atoms with Crippen LogP contribution in [0.1, 0.15) is 17.5 Å². The minimum absolute atomic E-state index is 0.0987. The number of carbonyl (C=O) groups is 1. The molecular formula is C17H19NO2S. The summed E-state index contributed by atoms with van der Waals surface area (Å²) in [6.45, 7) is 2.02. The van der Waals surface area contributed by atoms with Crippen molar-refractivity contribution in [1.29, 1.82) is 0 Å². The number of hydrogen-bond donors (Lipinski definition) is 1. The number of amides is 1. The lowest BCUT2D eigenvalue weighted by Crippen LogP contribution is -2.15. The lowest BCUT2D eigenvalue weighted by molar-refractivity contribution is -0.115. The first kappa shape index (κ1) is 15.4. The summed E-state index contributed by atoms with van der Waals surface area (Å²) in [5, 5.41) is 2.80. The van der Waals surface area contributed by atoms with Gasteiger partial charge in [0.2, 0.25) is 5.91 Å². The average molecular weight is 301 g/mol. The standard InChI is InChI=1S/C17H19NO2S/c1-14-7-9-15(10-8-14)13-21(20)12-11-17(19)18-16-5-3-2-4-6-16/h2-10H,11-13H2,1H3,(H,18,19)/t21-/m0/s1. The van der Waals surface area contributed by atoms with Crippen LogP contribution in [0.2, 0.25) is 0 Å². The Morgan fingerprint density at radius 3 is 2.38 bits per heavy atom. The molecule has 0 heterocycles. The smallest absolute Gasteiger partial charge is 0.225 e. The Kier molecular flexibility index (Phi) is 5.69. The minimum Gasteiger partial charge on any atom is -0.326 e. The number of para-hydroxylation sites is 1. The molecule has 0 aliphatic heterocycles. The molecule has 0 aromatic heterocycles. The van der Waals surface area contributed by atoms with Crippen LogP contribution >= 0.6 is 0 Å². The molecule has 2 rings (SSSR count). The normalized spacial score (nSPS) is 11.9. The summed E-state index contributed by atoms with van der Waals surface area (Å²) >= 11 is 0. The molecule has 2 aromatic carbocycles. The Balaban J connectivity index is 1.76. The van der Waals surface area contributed by atoms with Gasteiger partial charge in [0.15, 0.2) is 0 Å². The van der Waals surface area contributed by atoms with Crippen LogP contribution in [0.4, 0.5) is 5.69 Å². The summed E-state index contributed by atoms with van der Waals surface area (Å²) in [4.78, 5) is 11.8. The fourth-order valence-electron chi connectivity index (χ4n) is 1.89. The maximum absolute atomic E-state index is 12.0. The predicted octanol–water partition coefficient (Wildman–Crippen LogP) is 3.27. The molecule has 0 aliphatic carbocycles. The van der Waals surface area contributed by atoms with E-state index in [0.29, 0.717) is 11.5 Å². The lowest BCUT2D eigenvalue weighted by Gasteiger charge is -2.05. The van der Waals surface area contributed by atoms with E-state index in [9.17, 15) is 9.00 Å². The van der Waals surface area contributed by atoms with Crippen molar-refractivity contribution in [2.24, 2.45) is 0 Å². The Morgan fingerprint density at radius 1 is 1.05 bits per heavy atom. The summed E-state index contributed by atoms with van der Waals surface area (Å²) < 4.78 is 12.0. The van der Waals surface area contributed by atoms with Gasteiger partial charge in [0.05, 0.1) is 0 Å². The SMILES string of the molecule is Cc1ccc(C[S@@](=O)CCC(=O)Nc2ccccc2)cc1. The third kappa shape index (κ3) is 5.52. The van der Waals surface area contributed by atoms with Crippen LogP contribution < -0.4 is 5.32 Å². The molecule has 0 radical (unpaired) electrons. The lowest BCUT2D eigenvalue weighted by atomic mass is 10.2. The number of hydrogen-bond acceptors (Lipinski definition) is 2. The molecule has 4 heteroatoms. The second-order valence-corrected chi connectivity index (χ2v) is 6.51. The fraction of sp³-hybridized carbons (Fsp3) is 0.235. The number of benzene rings is 2. The second-order valence-electron chi connectivity index (χ2n) is 4.94. The molecule has 0 bridgehead atoms. The van der Waals surface area contributed by atoms with Crippen molar-refractivity contribution in [3.63, 3.8) is 0 Å². The van der Waals surface area contributed by atoms with E-state index >= 15 is 0 Å². The Hall–Kier alpha value is -1.94. The van der Waals surface area contributed by atoms with Crippen molar-refractivity contribution in [3.05, 3.63) is 65.7 Å². The van der Waals surface area contributed by atoms with Crippen molar-refractivity contribution in [2.45, 2.75) is 19.1 Å². The number of aryl methyl sites for hydroxylation is 1. The van der Waals surface area contributed by atoms with E-state index in [1.54, 1.807) is 0 Å². The number of rotatable bonds is 6. The van der Waals surface area contributed by atoms with Gasteiger partial charge in [-0.1, -0.05) is 48.0 Å². The van der Waals surface area contributed by atoms with Crippen LogP contribution in [-0.4, -0.2) is 15.9 Å². The van der Waals surface area contributed by atoms with Crippen LogP contribution in [0.3, 0.4) is 0 Å². The molecule has 0 saturated heterocycles. The van der Waals surface area contributed by atoms with Crippen LogP contribution in [0.15, 0.2) is 54.6 Å². The van der Waals surface area contributed by atoms with Crippen LogP contribution in [-0.2, 0) is 21.3 Å². The molecule has 2 aromatic rings. The summed E-state index contributed by atoms with van der Waals surface area (Å²) in [5.74, 6) is 0.782. The Labute approximate surface area is 127 Å². The summed E-state index contributed by atoms with van der Waals surface area (Å²) in [6, 6.07) is 17.3. The summed E-state index contributed by atoms with van der Waals surface area (Å²) in [7, 11) is -1.02. The maximum atomic E-state index is 12.0. The first-order chi connectivity index (χ1) is 10.1. The van der Waals surface area contributed by atoms with Gasteiger partial charge in [0.25, 0.3) is 0 Å². The topological polar surface area (TPSA) is 46.2 Å². The van der Waals surface area contributed by atoms with Gasteiger partial charge in [-0.15, -0.1) is 0 Å². The molecular weight excluding hydrogens is 282 g/mol. The highest BCUT2D eigenvalue weighted by molar-refractivity contribution is 7.84. The molecule has 1 amide bonds. The van der Waals surface area contributed by atoms with E-state index in [2.05, 4.69) is 5.32 Å². The molecule has 0 unspecified atom stereocenters. The Morgan fingerprint density at radius 2 is 1.71 bits per heavy atom. The number of carbonyl (C=O) groups excluding carboxylic acids is 1. The van der Waals surface area contributed by atoms with Gasteiger partial charge < -0.3 is 5.32 Å². The highest BCUT2D eigenvalue weighted by Crippen LogP contribution is 2.08. The summed E-state index contributed by atoms with van der Waals surface area (Å²) in [5.41, 5.74) is 3.00. The minimum atomic E-state index is -1.02. The van der Waals surface area contributed by atoms with E-state index in [1.165, 1.54) is 5.56 Å². The number of nitrogens with one attached hydrogen (secondary N) is 1. The zero-order valence-corrected chi connectivity index (χ0v) is 12.9. The first-order valence-corrected chi connectivity index (χ1v) is 8.38. The van der Waals surface area contributed by atoms with Gasteiger partial charge in [-0.3, -0.25) is 9.00 Å². The average Bonchev–Trinajstić information content (AvgIpc) is 2.49. The van der Waals surface area contributed by atoms with E-state index in [-0.39, 0.29) is 12.3 Å². The molecule has 110 valence electrons. The molecule has 1 atom stereocenters. The highest BCUT2D eigenvalue weighted by atomic mass is 32.2. The van der Waals surface area contributed by atoms with E-state index < -0.39 is 10.8 Å².